The van der Waals surface area contributed by atoms with Crippen LogP contribution >= 0.6 is 0 Å². The summed E-state index contributed by atoms with van der Waals surface area (Å²) in [6.45, 7) is 7.34. The molecule has 0 aliphatic heterocycles. The van der Waals surface area contributed by atoms with Gasteiger partial charge in [0.25, 0.3) is 0 Å². The Morgan fingerprint density at radius 3 is 2.79 bits per heavy atom. The maximum absolute atomic E-state index is 6.11. The summed E-state index contributed by atoms with van der Waals surface area (Å²) in [6, 6.07) is 6.45. The highest BCUT2D eigenvalue weighted by Gasteiger charge is 2.17. The summed E-state index contributed by atoms with van der Waals surface area (Å²) < 4.78 is 11.4. The molecule has 1 aliphatic carbocycles. The molecule has 19 heavy (non-hydrogen) atoms. The molecule has 0 fully saturated rings. The summed E-state index contributed by atoms with van der Waals surface area (Å²) in [6.07, 6.45) is 3.37. The van der Waals surface area contributed by atoms with Crippen LogP contribution in [0.3, 0.4) is 0 Å². The molecule has 2 rings (SSSR count). The Bertz CT molecular complexity index is 423. The monoisotopic (exact) mass is 263 g/mol. The highest BCUT2D eigenvalue weighted by atomic mass is 16.5. The summed E-state index contributed by atoms with van der Waals surface area (Å²) in [5.74, 6) is 0.922. The minimum Gasteiger partial charge on any atom is -0.491 e. The van der Waals surface area contributed by atoms with Crippen LogP contribution in [0, 0.1) is 0 Å². The molecule has 0 radical (unpaired) electrons. The van der Waals surface area contributed by atoms with Crippen molar-refractivity contribution in [3.8, 4) is 5.75 Å². The largest absolute Gasteiger partial charge is 0.491 e. The maximum Gasteiger partial charge on any atom is 0.119 e. The highest BCUT2D eigenvalue weighted by Crippen LogP contribution is 2.30. The van der Waals surface area contributed by atoms with Gasteiger partial charge in [-0.15, -0.1) is 0 Å². The molecule has 1 aromatic carbocycles. The van der Waals surface area contributed by atoms with Gasteiger partial charge in [0.15, 0.2) is 0 Å². The third-order valence-electron chi connectivity index (χ3n) is 3.36. The number of aryl methyl sites for hydroxylation is 1. The number of nitrogens with two attached hydrogens (primary N) is 1. The second kappa shape index (κ2) is 5.93. The van der Waals surface area contributed by atoms with Gasteiger partial charge in [-0.1, -0.05) is 6.07 Å². The first-order chi connectivity index (χ1) is 8.96. The van der Waals surface area contributed by atoms with E-state index in [9.17, 15) is 0 Å². The number of hydrogen-bond donors (Lipinski definition) is 1. The third kappa shape index (κ3) is 4.22. The first-order valence-corrected chi connectivity index (χ1v) is 7.11. The molecule has 0 amide bonds. The van der Waals surface area contributed by atoms with E-state index in [1.54, 1.807) is 0 Å². The van der Waals surface area contributed by atoms with Gasteiger partial charge in [0.1, 0.15) is 12.4 Å². The summed E-state index contributed by atoms with van der Waals surface area (Å²) in [4.78, 5) is 0. The van der Waals surface area contributed by atoms with E-state index < -0.39 is 0 Å². The Morgan fingerprint density at radius 1 is 1.26 bits per heavy atom. The Morgan fingerprint density at radius 2 is 2.05 bits per heavy atom. The molecular formula is C16H25NO2. The second-order valence-corrected chi connectivity index (χ2v) is 6.17. The lowest BCUT2D eigenvalue weighted by molar-refractivity contribution is -0.0163. The average Bonchev–Trinajstić information content (AvgIpc) is 2.34. The van der Waals surface area contributed by atoms with Gasteiger partial charge in [0.2, 0.25) is 0 Å². The number of fused-ring (bicyclic) bond motifs is 1. The van der Waals surface area contributed by atoms with Crippen molar-refractivity contribution in [2.24, 2.45) is 5.73 Å². The van der Waals surface area contributed by atoms with Gasteiger partial charge < -0.3 is 15.2 Å². The first-order valence-electron chi connectivity index (χ1n) is 7.11. The molecule has 3 nitrogen and oxygen atoms in total. The normalized spacial score (nSPS) is 19.1. The van der Waals surface area contributed by atoms with Crippen LogP contribution in [-0.4, -0.2) is 18.8 Å². The smallest absolute Gasteiger partial charge is 0.119 e. The van der Waals surface area contributed by atoms with E-state index in [4.69, 9.17) is 15.2 Å². The van der Waals surface area contributed by atoms with E-state index in [1.807, 2.05) is 26.8 Å². The van der Waals surface area contributed by atoms with E-state index in [0.29, 0.717) is 13.2 Å². The van der Waals surface area contributed by atoms with Crippen molar-refractivity contribution in [3.05, 3.63) is 29.3 Å². The van der Waals surface area contributed by atoms with Crippen LogP contribution in [0.15, 0.2) is 18.2 Å². The van der Waals surface area contributed by atoms with Crippen molar-refractivity contribution in [1.29, 1.82) is 0 Å². The fraction of sp³-hybridized carbons (Fsp3) is 0.625. The van der Waals surface area contributed by atoms with E-state index in [0.717, 1.165) is 18.6 Å². The summed E-state index contributed by atoms with van der Waals surface area (Å²) >= 11 is 0. The molecule has 0 bridgehead atoms. The van der Waals surface area contributed by atoms with Crippen molar-refractivity contribution < 1.29 is 9.47 Å². The van der Waals surface area contributed by atoms with E-state index in [-0.39, 0.29) is 11.6 Å². The lowest BCUT2D eigenvalue weighted by Crippen LogP contribution is -2.22. The van der Waals surface area contributed by atoms with Crippen LogP contribution < -0.4 is 10.5 Å². The standard InChI is InChI=1S/C16H25NO2/c1-16(2,3)19-10-9-18-13-7-8-14-12(11-13)5-4-6-15(14)17/h7-8,11,15H,4-6,9-10,17H2,1-3H3. The number of rotatable bonds is 4. The van der Waals surface area contributed by atoms with Crippen LogP contribution in [-0.2, 0) is 11.2 Å². The summed E-state index contributed by atoms with van der Waals surface area (Å²) in [5.41, 5.74) is 8.62. The summed E-state index contributed by atoms with van der Waals surface area (Å²) in [5, 5.41) is 0. The van der Waals surface area contributed by atoms with Crippen LogP contribution in [0.25, 0.3) is 0 Å². The molecule has 0 saturated carbocycles. The zero-order chi connectivity index (χ0) is 13.9. The minimum absolute atomic E-state index is 0.105. The average molecular weight is 263 g/mol. The SMILES string of the molecule is CC(C)(C)OCCOc1ccc2c(c1)CCCC2N. The van der Waals surface area contributed by atoms with E-state index >= 15 is 0 Å². The van der Waals surface area contributed by atoms with Crippen LogP contribution in [0.1, 0.15) is 50.8 Å². The third-order valence-corrected chi connectivity index (χ3v) is 3.36. The Balaban J connectivity index is 1.88. The lowest BCUT2D eigenvalue weighted by atomic mass is 9.88. The molecular weight excluding hydrogens is 238 g/mol. The van der Waals surface area contributed by atoms with E-state index in [1.165, 1.54) is 17.5 Å². The van der Waals surface area contributed by atoms with Crippen molar-refractivity contribution in [3.63, 3.8) is 0 Å². The molecule has 3 heteroatoms. The van der Waals surface area contributed by atoms with Crippen molar-refractivity contribution in [1.82, 2.24) is 0 Å². The number of hydrogen-bond acceptors (Lipinski definition) is 3. The molecule has 1 aromatic rings. The van der Waals surface area contributed by atoms with Gasteiger partial charge >= 0.3 is 0 Å². The molecule has 0 saturated heterocycles. The van der Waals surface area contributed by atoms with Crippen LogP contribution in [0.5, 0.6) is 5.75 Å². The molecule has 2 N–H and O–H groups in total. The second-order valence-electron chi connectivity index (χ2n) is 6.17. The van der Waals surface area contributed by atoms with Gasteiger partial charge in [-0.05, 0) is 63.3 Å². The Labute approximate surface area is 116 Å². The predicted molar refractivity (Wildman–Crippen MR) is 77.5 cm³/mol. The Kier molecular flexibility index (Phi) is 4.48. The zero-order valence-corrected chi connectivity index (χ0v) is 12.2. The molecule has 1 aliphatic rings. The van der Waals surface area contributed by atoms with Crippen molar-refractivity contribution in [2.75, 3.05) is 13.2 Å². The highest BCUT2D eigenvalue weighted by molar-refractivity contribution is 5.38. The minimum atomic E-state index is -0.105. The van der Waals surface area contributed by atoms with Gasteiger partial charge in [0.05, 0.1) is 12.2 Å². The number of ether oxygens (including phenoxy) is 2. The van der Waals surface area contributed by atoms with Gasteiger partial charge in [0, 0.05) is 6.04 Å². The van der Waals surface area contributed by atoms with Gasteiger partial charge in [-0.25, -0.2) is 0 Å². The summed E-state index contributed by atoms with van der Waals surface area (Å²) in [7, 11) is 0. The van der Waals surface area contributed by atoms with Crippen LogP contribution in [0.4, 0.5) is 0 Å². The molecule has 1 unspecified atom stereocenters. The fourth-order valence-corrected chi connectivity index (χ4v) is 2.43. The van der Waals surface area contributed by atoms with Crippen molar-refractivity contribution in [2.45, 2.75) is 51.7 Å². The quantitative estimate of drug-likeness (QED) is 0.848. The molecule has 1 atom stereocenters. The van der Waals surface area contributed by atoms with Crippen molar-refractivity contribution >= 4 is 0 Å². The fourth-order valence-electron chi connectivity index (χ4n) is 2.43. The van der Waals surface area contributed by atoms with Crippen LogP contribution in [0.2, 0.25) is 0 Å². The number of benzene rings is 1. The predicted octanol–water partition coefficient (Wildman–Crippen LogP) is 3.22. The zero-order valence-electron chi connectivity index (χ0n) is 12.2. The molecule has 0 spiro atoms. The van der Waals surface area contributed by atoms with E-state index in [2.05, 4.69) is 12.1 Å². The molecule has 0 heterocycles. The first kappa shape index (κ1) is 14.4. The topological polar surface area (TPSA) is 44.5 Å². The maximum atomic E-state index is 6.11. The van der Waals surface area contributed by atoms with Gasteiger partial charge in [-0.2, -0.15) is 0 Å². The van der Waals surface area contributed by atoms with Gasteiger partial charge in [-0.3, -0.25) is 0 Å². The molecule has 0 aromatic heterocycles. The molecule has 106 valence electrons. The lowest BCUT2D eigenvalue weighted by Gasteiger charge is -2.23. The Hall–Kier alpha value is -1.06.